The maximum Gasteiger partial charge on any atom is 0.191 e. The minimum absolute atomic E-state index is 0.0794. The van der Waals surface area contributed by atoms with Crippen molar-refractivity contribution in [2.45, 2.75) is 78.2 Å². The molecule has 1 heterocycles. The van der Waals surface area contributed by atoms with Crippen LogP contribution in [0.5, 0.6) is 0 Å². The first-order valence-corrected chi connectivity index (χ1v) is 10.5. The Labute approximate surface area is 155 Å². The SMILES string of the molecule is CCNC(=NCCCN1CCC(O)CC1)NCCCCCCC(C)C. The maximum atomic E-state index is 9.54. The molecule has 1 aliphatic rings. The van der Waals surface area contributed by atoms with Crippen molar-refractivity contribution >= 4 is 5.96 Å². The molecular formula is C20H42N4O. The number of nitrogens with zero attached hydrogens (tertiary/aromatic N) is 2. The summed E-state index contributed by atoms with van der Waals surface area (Å²) in [6.45, 7) is 12.6. The zero-order valence-electron chi connectivity index (χ0n) is 16.9. The second-order valence-electron chi connectivity index (χ2n) is 7.71. The fourth-order valence-corrected chi connectivity index (χ4v) is 3.21. The number of aliphatic imine (C=N–C) groups is 1. The van der Waals surface area contributed by atoms with Gasteiger partial charge in [-0.25, -0.2) is 0 Å². The summed E-state index contributed by atoms with van der Waals surface area (Å²) in [6.07, 6.45) is 9.44. The van der Waals surface area contributed by atoms with Crippen molar-refractivity contribution < 1.29 is 5.11 Å². The Morgan fingerprint density at radius 1 is 1.08 bits per heavy atom. The molecule has 5 nitrogen and oxygen atoms in total. The molecule has 1 saturated heterocycles. The first kappa shape index (κ1) is 22.2. The van der Waals surface area contributed by atoms with Gasteiger partial charge in [-0.3, -0.25) is 4.99 Å². The highest BCUT2D eigenvalue weighted by molar-refractivity contribution is 5.79. The van der Waals surface area contributed by atoms with Gasteiger partial charge in [-0.2, -0.15) is 0 Å². The first-order valence-electron chi connectivity index (χ1n) is 10.5. The predicted octanol–water partition coefficient (Wildman–Crippen LogP) is 2.99. The molecule has 1 rings (SSSR count). The fraction of sp³-hybridized carbons (Fsp3) is 0.950. The Bertz CT molecular complexity index is 339. The summed E-state index contributed by atoms with van der Waals surface area (Å²) in [5.41, 5.74) is 0. The van der Waals surface area contributed by atoms with Crippen LogP contribution in [-0.2, 0) is 0 Å². The second kappa shape index (κ2) is 14.4. The molecule has 0 radical (unpaired) electrons. The Morgan fingerprint density at radius 2 is 1.80 bits per heavy atom. The van der Waals surface area contributed by atoms with Crippen molar-refractivity contribution in [2.24, 2.45) is 10.9 Å². The van der Waals surface area contributed by atoms with E-state index in [1.54, 1.807) is 0 Å². The van der Waals surface area contributed by atoms with Crippen LogP contribution in [0.2, 0.25) is 0 Å². The van der Waals surface area contributed by atoms with E-state index in [1.165, 1.54) is 32.1 Å². The Hall–Kier alpha value is -0.810. The van der Waals surface area contributed by atoms with E-state index in [0.717, 1.165) is 70.4 Å². The van der Waals surface area contributed by atoms with Gasteiger partial charge in [0, 0.05) is 32.7 Å². The van der Waals surface area contributed by atoms with Crippen LogP contribution in [0.25, 0.3) is 0 Å². The second-order valence-corrected chi connectivity index (χ2v) is 7.71. The zero-order valence-corrected chi connectivity index (χ0v) is 16.9. The average molecular weight is 355 g/mol. The molecule has 0 aromatic carbocycles. The molecule has 148 valence electrons. The number of unbranched alkanes of at least 4 members (excludes halogenated alkanes) is 3. The van der Waals surface area contributed by atoms with E-state index in [4.69, 9.17) is 0 Å². The molecule has 1 aliphatic heterocycles. The van der Waals surface area contributed by atoms with E-state index in [0.29, 0.717) is 0 Å². The van der Waals surface area contributed by atoms with Gasteiger partial charge in [-0.1, -0.05) is 39.5 Å². The van der Waals surface area contributed by atoms with Gasteiger partial charge >= 0.3 is 0 Å². The predicted molar refractivity (Wildman–Crippen MR) is 108 cm³/mol. The minimum atomic E-state index is -0.0794. The molecule has 1 fully saturated rings. The number of piperidine rings is 1. The van der Waals surface area contributed by atoms with Crippen LogP contribution in [0.4, 0.5) is 0 Å². The van der Waals surface area contributed by atoms with Gasteiger partial charge in [-0.15, -0.1) is 0 Å². The molecule has 0 aromatic heterocycles. The molecule has 0 aromatic rings. The van der Waals surface area contributed by atoms with Crippen molar-refractivity contribution in [3.05, 3.63) is 0 Å². The summed E-state index contributed by atoms with van der Waals surface area (Å²) < 4.78 is 0. The van der Waals surface area contributed by atoms with E-state index in [-0.39, 0.29) is 6.10 Å². The molecule has 0 aliphatic carbocycles. The van der Waals surface area contributed by atoms with Gasteiger partial charge in [0.15, 0.2) is 5.96 Å². The zero-order chi connectivity index (χ0) is 18.3. The molecule has 25 heavy (non-hydrogen) atoms. The molecule has 3 N–H and O–H groups in total. The quantitative estimate of drug-likeness (QED) is 0.286. The molecule has 0 spiro atoms. The van der Waals surface area contributed by atoms with Crippen LogP contribution < -0.4 is 10.6 Å². The third-order valence-electron chi connectivity index (χ3n) is 4.80. The summed E-state index contributed by atoms with van der Waals surface area (Å²) in [5, 5.41) is 16.3. The van der Waals surface area contributed by atoms with Gasteiger partial charge in [0.25, 0.3) is 0 Å². The summed E-state index contributed by atoms with van der Waals surface area (Å²) in [5.74, 6) is 1.79. The highest BCUT2D eigenvalue weighted by Gasteiger charge is 2.15. The van der Waals surface area contributed by atoms with E-state index in [1.807, 2.05) is 0 Å². The van der Waals surface area contributed by atoms with E-state index < -0.39 is 0 Å². The lowest BCUT2D eigenvalue weighted by atomic mass is 10.0. The number of aliphatic hydroxyl groups excluding tert-OH is 1. The molecule has 5 heteroatoms. The normalized spacial score (nSPS) is 17.2. The van der Waals surface area contributed by atoms with E-state index in [9.17, 15) is 5.11 Å². The lowest BCUT2D eigenvalue weighted by Gasteiger charge is -2.29. The number of aliphatic hydroxyl groups is 1. The topological polar surface area (TPSA) is 59.9 Å². The number of likely N-dealkylation sites (tertiary alicyclic amines) is 1. The van der Waals surface area contributed by atoms with Crippen molar-refractivity contribution in [1.29, 1.82) is 0 Å². The van der Waals surface area contributed by atoms with Crippen molar-refractivity contribution in [2.75, 3.05) is 39.3 Å². The molecule has 0 amide bonds. The van der Waals surface area contributed by atoms with Gasteiger partial charge in [0.05, 0.1) is 6.10 Å². The summed E-state index contributed by atoms with van der Waals surface area (Å²) >= 11 is 0. The van der Waals surface area contributed by atoms with Crippen molar-refractivity contribution in [3.63, 3.8) is 0 Å². The van der Waals surface area contributed by atoms with Gasteiger partial charge in [0.1, 0.15) is 0 Å². The average Bonchev–Trinajstić information content (AvgIpc) is 2.59. The molecule has 0 bridgehead atoms. The number of nitrogens with one attached hydrogen (secondary N) is 2. The minimum Gasteiger partial charge on any atom is -0.393 e. The van der Waals surface area contributed by atoms with Crippen LogP contribution >= 0.6 is 0 Å². The Morgan fingerprint density at radius 3 is 2.48 bits per heavy atom. The summed E-state index contributed by atoms with van der Waals surface area (Å²) in [6, 6.07) is 0. The largest absolute Gasteiger partial charge is 0.393 e. The number of hydrogen-bond donors (Lipinski definition) is 3. The van der Waals surface area contributed by atoms with Crippen molar-refractivity contribution in [3.8, 4) is 0 Å². The monoisotopic (exact) mass is 354 g/mol. The molecule has 0 atom stereocenters. The molecule has 0 unspecified atom stereocenters. The smallest absolute Gasteiger partial charge is 0.191 e. The van der Waals surface area contributed by atoms with Crippen molar-refractivity contribution in [1.82, 2.24) is 15.5 Å². The van der Waals surface area contributed by atoms with Crippen LogP contribution in [0.15, 0.2) is 4.99 Å². The van der Waals surface area contributed by atoms with Crippen LogP contribution in [0, 0.1) is 5.92 Å². The Balaban J connectivity index is 2.08. The highest BCUT2D eigenvalue weighted by Crippen LogP contribution is 2.10. The molecule has 0 saturated carbocycles. The lowest BCUT2D eigenvalue weighted by molar-refractivity contribution is 0.0824. The molecular weight excluding hydrogens is 312 g/mol. The third kappa shape index (κ3) is 12.2. The van der Waals surface area contributed by atoms with E-state index >= 15 is 0 Å². The first-order chi connectivity index (χ1) is 12.1. The van der Waals surface area contributed by atoms with Gasteiger partial charge < -0.3 is 20.6 Å². The third-order valence-corrected chi connectivity index (χ3v) is 4.80. The maximum absolute atomic E-state index is 9.54. The Kier molecular flexibility index (Phi) is 12.8. The van der Waals surface area contributed by atoms with Gasteiger partial charge in [0.2, 0.25) is 0 Å². The number of hydrogen-bond acceptors (Lipinski definition) is 3. The van der Waals surface area contributed by atoms with Crippen LogP contribution in [0.1, 0.15) is 72.1 Å². The number of guanidine groups is 1. The number of rotatable bonds is 12. The lowest BCUT2D eigenvalue weighted by Crippen LogP contribution is -2.38. The highest BCUT2D eigenvalue weighted by atomic mass is 16.3. The van der Waals surface area contributed by atoms with Crippen LogP contribution in [-0.4, -0.2) is 61.3 Å². The standard InChI is InChI=1S/C20H42N4O/c1-4-21-20(22-13-8-6-5-7-10-18(2)3)23-14-9-15-24-16-11-19(25)12-17-24/h18-19,25H,4-17H2,1-3H3,(H2,21,22,23). The summed E-state index contributed by atoms with van der Waals surface area (Å²) in [4.78, 5) is 7.13. The fourth-order valence-electron chi connectivity index (χ4n) is 3.21. The van der Waals surface area contributed by atoms with Gasteiger partial charge in [-0.05, 0) is 45.1 Å². The van der Waals surface area contributed by atoms with E-state index in [2.05, 4.69) is 41.3 Å². The summed E-state index contributed by atoms with van der Waals surface area (Å²) in [7, 11) is 0. The van der Waals surface area contributed by atoms with Crippen LogP contribution in [0.3, 0.4) is 0 Å².